The Morgan fingerprint density at radius 2 is 1.96 bits per heavy atom. The third-order valence-electron chi connectivity index (χ3n) is 3.65. The van der Waals surface area contributed by atoms with Gasteiger partial charge in [-0.05, 0) is 37.3 Å². The van der Waals surface area contributed by atoms with Crippen LogP contribution in [-0.2, 0) is 6.54 Å². The van der Waals surface area contributed by atoms with Crippen LogP contribution in [0.3, 0.4) is 0 Å². The number of aromatic nitrogens is 2. The van der Waals surface area contributed by atoms with Gasteiger partial charge in [-0.3, -0.25) is 4.79 Å². The number of halogens is 1. The molecule has 0 aliphatic carbocycles. The molecule has 1 amide bonds. The largest absolute Gasteiger partial charge is 0.494 e. The fraction of sp³-hybridized carbons (Fsp3) is 0.158. The first-order valence-electron chi connectivity index (χ1n) is 7.97. The molecule has 1 aromatic heterocycles. The van der Waals surface area contributed by atoms with E-state index in [1.54, 1.807) is 18.3 Å². The summed E-state index contributed by atoms with van der Waals surface area (Å²) in [6, 6.07) is 13.5. The number of nitrogens with one attached hydrogen (secondary N) is 1. The van der Waals surface area contributed by atoms with Crippen molar-refractivity contribution >= 4 is 5.91 Å². The highest BCUT2D eigenvalue weighted by atomic mass is 19.1. The second-order valence-corrected chi connectivity index (χ2v) is 5.37. The van der Waals surface area contributed by atoms with Gasteiger partial charge in [0.2, 0.25) is 0 Å². The van der Waals surface area contributed by atoms with Gasteiger partial charge in [0.05, 0.1) is 24.1 Å². The second kappa shape index (κ2) is 7.61. The van der Waals surface area contributed by atoms with Gasteiger partial charge in [-0.15, -0.1) is 0 Å². The van der Waals surface area contributed by atoms with Crippen molar-refractivity contribution in [1.82, 2.24) is 15.1 Å². The molecular formula is C19H18FN3O2. The van der Waals surface area contributed by atoms with Crippen molar-refractivity contribution in [2.45, 2.75) is 13.5 Å². The van der Waals surface area contributed by atoms with Crippen LogP contribution in [0, 0.1) is 5.82 Å². The molecule has 0 fully saturated rings. The van der Waals surface area contributed by atoms with Crippen molar-refractivity contribution in [3.05, 3.63) is 77.9 Å². The van der Waals surface area contributed by atoms with Gasteiger partial charge in [0.15, 0.2) is 0 Å². The van der Waals surface area contributed by atoms with E-state index < -0.39 is 0 Å². The summed E-state index contributed by atoms with van der Waals surface area (Å²) in [5, 5.41) is 7.00. The third kappa shape index (κ3) is 4.03. The van der Waals surface area contributed by atoms with Gasteiger partial charge in [-0.1, -0.05) is 18.2 Å². The molecule has 128 valence electrons. The van der Waals surface area contributed by atoms with Crippen LogP contribution < -0.4 is 10.1 Å². The molecule has 25 heavy (non-hydrogen) atoms. The lowest BCUT2D eigenvalue weighted by Crippen LogP contribution is -2.22. The number of nitrogens with zero attached hydrogens (tertiary/aromatic N) is 2. The molecule has 1 heterocycles. The smallest absolute Gasteiger partial charge is 0.254 e. The number of hydrogen-bond acceptors (Lipinski definition) is 3. The van der Waals surface area contributed by atoms with Crippen LogP contribution in [-0.4, -0.2) is 22.3 Å². The van der Waals surface area contributed by atoms with Crippen LogP contribution in [0.15, 0.2) is 60.9 Å². The second-order valence-electron chi connectivity index (χ2n) is 5.37. The normalized spacial score (nSPS) is 10.5. The highest BCUT2D eigenvalue weighted by Crippen LogP contribution is 2.17. The van der Waals surface area contributed by atoms with Gasteiger partial charge in [0, 0.05) is 18.3 Å². The van der Waals surface area contributed by atoms with Crippen LogP contribution in [0.2, 0.25) is 0 Å². The van der Waals surface area contributed by atoms with E-state index in [1.807, 2.05) is 31.2 Å². The lowest BCUT2D eigenvalue weighted by atomic mass is 10.2. The van der Waals surface area contributed by atoms with Gasteiger partial charge in [0.1, 0.15) is 11.6 Å². The third-order valence-corrected chi connectivity index (χ3v) is 3.65. The van der Waals surface area contributed by atoms with Crippen molar-refractivity contribution in [3.63, 3.8) is 0 Å². The van der Waals surface area contributed by atoms with E-state index in [0.717, 1.165) is 11.3 Å². The van der Waals surface area contributed by atoms with Crippen LogP contribution in [0.4, 0.5) is 4.39 Å². The Morgan fingerprint density at radius 3 is 2.72 bits per heavy atom. The zero-order valence-electron chi connectivity index (χ0n) is 13.8. The maximum atomic E-state index is 13.0. The molecule has 0 spiro atoms. The molecule has 0 aliphatic rings. The van der Waals surface area contributed by atoms with Gasteiger partial charge < -0.3 is 10.1 Å². The Kier molecular flexibility index (Phi) is 5.09. The standard InChI is InChI=1S/C19H18FN3O2/c1-2-25-18-6-4-3-5-14(18)11-21-19(24)15-12-22-23(13-15)17-9-7-16(20)8-10-17/h3-10,12-13H,2,11H2,1H3,(H,21,24). The number of amides is 1. The monoisotopic (exact) mass is 339 g/mol. The highest BCUT2D eigenvalue weighted by Gasteiger charge is 2.11. The van der Waals surface area contributed by atoms with E-state index in [9.17, 15) is 9.18 Å². The van der Waals surface area contributed by atoms with Crippen LogP contribution >= 0.6 is 0 Å². The molecule has 3 aromatic rings. The first kappa shape index (κ1) is 16.7. The Bertz CT molecular complexity index is 859. The maximum absolute atomic E-state index is 13.0. The Balaban J connectivity index is 1.67. The van der Waals surface area contributed by atoms with Crippen molar-refractivity contribution in [2.24, 2.45) is 0 Å². The van der Waals surface area contributed by atoms with Crippen molar-refractivity contribution in [3.8, 4) is 11.4 Å². The summed E-state index contributed by atoms with van der Waals surface area (Å²) in [5.74, 6) is 0.203. The molecule has 0 radical (unpaired) electrons. The van der Waals surface area contributed by atoms with E-state index in [0.29, 0.717) is 24.4 Å². The van der Waals surface area contributed by atoms with Gasteiger partial charge >= 0.3 is 0 Å². The zero-order valence-corrected chi connectivity index (χ0v) is 13.8. The molecule has 2 aromatic carbocycles. The molecule has 0 saturated heterocycles. The summed E-state index contributed by atoms with van der Waals surface area (Å²) in [4.78, 5) is 12.3. The number of ether oxygens (including phenoxy) is 1. The van der Waals surface area contributed by atoms with Crippen LogP contribution in [0.5, 0.6) is 5.75 Å². The molecule has 3 rings (SSSR count). The lowest BCUT2D eigenvalue weighted by molar-refractivity contribution is 0.0950. The summed E-state index contributed by atoms with van der Waals surface area (Å²) >= 11 is 0. The van der Waals surface area contributed by atoms with Crippen molar-refractivity contribution < 1.29 is 13.9 Å². The number of benzene rings is 2. The molecule has 5 nitrogen and oxygen atoms in total. The quantitative estimate of drug-likeness (QED) is 0.749. The van der Waals surface area contributed by atoms with Gasteiger partial charge in [0.25, 0.3) is 5.91 Å². The predicted molar refractivity (Wildman–Crippen MR) is 92.3 cm³/mol. The Morgan fingerprint density at radius 1 is 1.20 bits per heavy atom. The molecular weight excluding hydrogens is 321 g/mol. The number of hydrogen-bond donors (Lipinski definition) is 1. The fourth-order valence-corrected chi connectivity index (χ4v) is 2.40. The van der Waals surface area contributed by atoms with Gasteiger partial charge in [-0.25, -0.2) is 9.07 Å². The minimum absolute atomic E-state index is 0.236. The first-order valence-corrected chi connectivity index (χ1v) is 7.97. The first-order chi connectivity index (χ1) is 12.2. The number of rotatable bonds is 6. The minimum atomic E-state index is -0.318. The molecule has 0 bridgehead atoms. The van der Waals surface area contributed by atoms with E-state index >= 15 is 0 Å². The molecule has 0 unspecified atom stereocenters. The zero-order chi connectivity index (χ0) is 17.6. The summed E-state index contributed by atoms with van der Waals surface area (Å²) in [6.45, 7) is 2.84. The average molecular weight is 339 g/mol. The number of para-hydroxylation sites is 1. The highest BCUT2D eigenvalue weighted by molar-refractivity contribution is 5.93. The summed E-state index contributed by atoms with van der Waals surface area (Å²) in [5.41, 5.74) is 2.02. The van der Waals surface area contributed by atoms with Crippen LogP contribution in [0.25, 0.3) is 5.69 Å². The van der Waals surface area contributed by atoms with Crippen molar-refractivity contribution in [1.29, 1.82) is 0 Å². The molecule has 6 heteroatoms. The number of carbonyl (C=O) groups excluding carboxylic acids is 1. The molecule has 0 saturated carbocycles. The van der Waals surface area contributed by atoms with E-state index in [4.69, 9.17) is 4.74 Å². The van der Waals surface area contributed by atoms with Gasteiger partial charge in [-0.2, -0.15) is 5.10 Å². The van der Waals surface area contributed by atoms with Crippen LogP contribution in [0.1, 0.15) is 22.8 Å². The van der Waals surface area contributed by atoms with E-state index in [1.165, 1.54) is 23.0 Å². The lowest BCUT2D eigenvalue weighted by Gasteiger charge is -2.10. The SMILES string of the molecule is CCOc1ccccc1CNC(=O)c1cnn(-c2ccc(F)cc2)c1. The Hall–Kier alpha value is -3.15. The topological polar surface area (TPSA) is 56.1 Å². The maximum Gasteiger partial charge on any atom is 0.254 e. The summed E-state index contributed by atoms with van der Waals surface area (Å²) in [7, 11) is 0. The summed E-state index contributed by atoms with van der Waals surface area (Å²) in [6.07, 6.45) is 3.09. The predicted octanol–water partition coefficient (Wildman–Crippen LogP) is 3.34. The molecule has 0 atom stereocenters. The summed E-state index contributed by atoms with van der Waals surface area (Å²) < 4.78 is 20.1. The number of carbonyl (C=O) groups is 1. The van der Waals surface area contributed by atoms with Crippen molar-refractivity contribution in [2.75, 3.05) is 6.61 Å². The fourth-order valence-electron chi connectivity index (χ4n) is 2.40. The van der Waals surface area contributed by atoms with E-state index in [2.05, 4.69) is 10.4 Å². The molecule has 0 aliphatic heterocycles. The minimum Gasteiger partial charge on any atom is -0.494 e. The molecule has 1 N–H and O–H groups in total. The van der Waals surface area contributed by atoms with E-state index in [-0.39, 0.29) is 11.7 Å². The average Bonchev–Trinajstić information content (AvgIpc) is 3.12. The Labute approximate surface area is 145 Å².